The van der Waals surface area contributed by atoms with Crippen LogP contribution in [-0.4, -0.2) is 44.7 Å². The summed E-state index contributed by atoms with van der Waals surface area (Å²) in [4.78, 5) is 12.8. The van der Waals surface area contributed by atoms with Gasteiger partial charge in [0.1, 0.15) is 0 Å². The summed E-state index contributed by atoms with van der Waals surface area (Å²) in [6, 6.07) is 0. The minimum atomic E-state index is -1.04. The Morgan fingerprint density at radius 2 is 1.66 bits per heavy atom. The van der Waals surface area contributed by atoms with E-state index in [1.165, 1.54) is 5.57 Å². The average Bonchev–Trinajstić information content (AvgIpc) is 2.79. The number of aliphatic hydroxyl groups excluding tert-OH is 2. The molecule has 35 heavy (non-hydrogen) atoms. The highest BCUT2D eigenvalue weighted by Gasteiger charge is 2.71. The third kappa shape index (κ3) is 2.90. The Morgan fingerprint density at radius 1 is 0.971 bits per heavy atom. The van der Waals surface area contributed by atoms with Crippen LogP contribution in [0.25, 0.3) is 0 Å². The SMILES string of the molecule is C[C@@H]1CC[C@]2(C(=O)O)CC[C@]3(C)C(=CC[C@@H]4[C@]5(C)CC[C@H](O)[C@](C)(CO)[C@@H]5CC[C@@]43C)[C@@H]2[C@@]1(C)O. The van der Waals surface area contributed by atoms with E-state index in [9.17, 15) is 25.2 Å². The molecule has 0 bridgehead atoms. The third-order valence-electron chi connectivity index (χ3n) is 13.6. The van der Waals surface area contributed by atoms with Crippen LogP contribution in [0.15, 0.2) is 11.6 Å². The summed E-state index contributed by atoms with van der Waals surface area (Å²) in [6.45, 7) is 13.3. The molecule has 0 heterocycles. The maximum absolute atomic E-state index is 12.8. The van der Waals surface area contributed by atoms with E-state index < -0.39 is 28.5 Å². The van der Waals surface area contributed by atoms with Gasteiger partial charge in [-0.15, -0.1) is 0 Å². The molecule has 0 saturated heterocycles. The predicted octanol–water partition coefficient (Wildman–Crippen LogP) is 5.18. The molecule has 0 spiro atoms. The second kappa shape index (κ2) is 7.57. The molecular weight excluding hydrogens is 440 g/mol. The molecular formula is C30H48O5. The maximum Gasteiger partial charge on any atom is 0.310 e. The zero-order valence-electron chi connectivity index (χ0n) is 22.7. The summed E-state index contributed by atoms with van der Waals surface area (Å²) < 4.78 is 0. The minimum absolute atomic E-state index is 0.0115. The molecule has 4 fully saturated rings. The van der Waals surface area contributed by atoms with Crippen LogP contribution < -0.4 is 0 Å². The van der Waals surface area contributed by atoms with Crippen molar-refractivity contribution in [3.8, 4) is 0 Å². The number of hydrogen-bond acceptors (Lipinski definition) is 4. The number of allylic oxidation sites excluding steroid dienone is 1. The molecule has 198 valence electrons. The lowest BCUT2D eigenvalue weighted by Crippen LogP contribution is -2.68. The van der Waals surface area contributed by atoms with Crippen molar-refractivity contribution >= 4 is 5.97 Å². The normalized spacial score (nSPS) is 57.7. The zero-order chi connectivity index (χ0) is 25.8. The van der Waals surface area contributed by atoms with E-state index in [2.05, 4.69) is 40.7 Å². The summed E-state index contributed by atoms with van der Waals surface area (Å²) in [6.07, 6.45) is 9.32. The molecule has 5 heteroatoms. The van der Waals surface area contributed by atoms with Gasteiger partial charge in [0.25, 0.3) is 0 Å². The van der Waals surface area contributed by atoms with E-state index >= 15 is 0 Å². The molecule has 5 aliphatic carbocycles. The lowest BCUT2D eigenvalue weighted by Gasteiger charge is -2.71. The topological polar surface area (TPSA) is 98.0 Å². The highest BCUT2D eigenvalue weighted by Crippen LogP contribution is 2.76. The van der Waals surface area contributed by atoms with Crippen LogP contribution >= 0.6 is 0 Å². The smallest absolute Gasteiger partial charge is 0.310 e. The van der Waals surface area contributed by atoms with Gasteiger partial charge >= 0.3 is 5.97 Å². The van der Waals surface area contributed by atoms with E-state index in [1.54, 1.807) is 0 Å². The molecule has 0 radical (unpaired) electrons. The Morgan fingerprint density at radius 3 is 2.29 bits per heavy atom. The zero-order valence-corrected chi connectivity index (χ0v) is 22.7. The maximum atomic E-state index is 12.8. The first-order valence-electron chi connectivity index (χ1n) is 14.1. The lowest BCUT2D eigenvalue weighted by atomic mass is 9.33. The molecule has 0 aromatic heterocycles. The van der Waals surface area contributed by atoms with Crippen molar-refractivity contribution in [1.82, 2.24) is 0 Å². The fourth-order valence-corrected chi connectivity index (χ4v) is 10.9. The first kappa shape index (κ1) is 25.7. The molecule has 0 aliphatic heterocycles. The van der Waals surface area contributed by atoms with Crippen LogP contribution in [0.5, 0.6) is 0 Å². The fourth-order valence-electron chi connectivity index (χ4n) is 10.9. The number of hydrogen-bond donors (Lipinski definition) is 4. The van der Waals surface area contributed by atoms with Crippen LogP contribution in [0.2, 0.25) is 0 Å². The van der Waals surface area contributed by atoms with Crippen LogP contribution in [0.4, 0.5) is 0 Å². The van der Waals surface area contributed by atoms with Crippen LogP contribution in [0, 0.1) is 50.7 Å². The van der Waals surface area contributed by atoms with E-state index in [0.29, 0.717) is 18.8 Å². The summed E-state index contributed by atoms with van der Waals surface area (Å²) in [7, 11) is 0. The molecule has 5 nitrogen and oxygen atoms in total. The van der Waals surface area contributed by atoms with Gasteiger partial charge in [0.2, 0.25) is 0 Å². The molecule has 11 atom stereocenters. The van der Waals surface area contributed by atoms with Gasteiger partial charge < -0.3 is 20.4 Å². The van der Waals surface area contributed by atoms with E-state index in [0.717, 1.165) is 44.9 Å². The average molecular weight is 489 g/mol. The Bertz CT molecular complexity index is 941. The summed E-state index contributed by atoms with van der Waals surface area (Å²) >= 11 is 0. The second-order valence-electron chi connectivity index (χ2n) is 14.6. The van der Waals surface area contributed by atoms with Gasteiger partial charge in [-0.25, -0.2) is 0 Å². The Kier molecular flexibility index (Phi) is 5.56. The van der Waals surface area contributed by atoms with Crippen LogP contribution in [0.1, 0.15) is 99.3 Å². The van der Waals surface area contributed by atoms with Gasteiger partial charge in [-0.1, -0.05) is 46.3 Å². The molecule has 0 aromatic carbocycles. The molecule has 0 unspecified atom stereocenters. The third-order valence-corrected chi connectivity index (χ3v) is 13.6. The first-order chi connectivity index (χ1) is 16.1. The number of fused-ring (bicyclic) bond motifs is 7. The Hall–Kier alpha value is -0.910. The van der Waals surface area contributed by atoms with E-state index in [1.807, 2.05) is 6.92 Å². The number of aliphatic hydroxyl groups is 3. The molecule has 4 N–H and O–H groups in total. The van der Waals surface area contributed by atoms with Crippen molar-refractivity contribution in [2.75, 3.05) is 6.61 Å². The van der Waals surface area contributed by atoms with Gasteiger partial charge in [0, 0.05) is 11.3 Å². The highest BCUT2D eigenvalue weighted by molar-refractivity contribution is 5.77. The second-order valence-corrected chi connectivity index (χ2v) is 14.6. The first-order valence-corrected chi connectivity index (χ1v) is 14.1. The number of rotatable bonds is 2. The largest absolute Gasteiger partial charge is 0.481 e. The molecule has 0 aromatic rings. The van der Waals surface area contributed by atoms with Crippen molar-refractivity contribution in [1.29, 1.82) is 0 Å². The molecule has 4 saturated carbocycles. The number of carboxylic acid groups (broad SMARTS) is 1. The fraction of sp³-hybridized carbons (Fsp3) is 0.900. The molecule has 5 rings (SSSR count). The minimum Gasteiger partial charge on any atom is -0.481 e. The van der Waals surface area contributed by atoms with Gasteiger partial charge in [-0.05, 0) is 98.7 Å². The van der Waals surface area contributed by atoms with Gasteiger partial charge in [-0.3, -0.25) is 4.79 Å². The van der Waals surface area contributed by atoms with E-state index in [-0.39, 0.29) is 40.6 Å². The monoisotopic (exact) mass is 488 g/mol. The van der Waals surface area contributed by atoms with Gasteiger partial charge in [0.05, 0.1) is 23.7 Å². The number of carbonyl (C=O) groups is 1. The Balaban J connectivity index is 1.64. The van der Waals surface area contributed by atoms with Crippen LogP contribution in [-0.2, 0) is 4.79 Å². The van der Waals surface area contributed by atoms with Crippen molar-refractivity contribution in [3.63, 3.8) is 0 Å². The number of aliphatic carboxylic acids is 1. The lowest BCUT2D eigenvalue weighted by molar-refractivity contribution is -0.225. The molecule has 0 amide bonds. The summed E-state index contributed by atoms with van der Waals surface area (Å²) in [5.74, 6) is -0.356. The van der Waals surface area contributed by atoms with Gasteiger partial charge in [-0.2, -0.15) is 0 Å². The van der Waals surface area contributed by atoms with Crippen molar-refractivity contribution in [2.24, 2.45) is 50.7 Å². The van der Waals surface area contributed by atoms with Crippen LogP contribution in [0.3, 0.4) is 0 Å². The standard InChI is InChI=1S/C30H48O5/c1-18-9-14-30(24(33)34)16-15-27(4)19(23(30)29(18,6)35)7-8-21-25(2)12-11-22(32)26(3,17-31)20(25)10-13-28(21,27)5/h7,18,20-23,31-32,35H,8-17H2,1-6H3,(H,33,34)/t18-,20-,21-,22+,23-,25-,26-,27-,28+,29+,30+/m1/s1. The van der Waals surface area contributed by atoms with Crippen molar-refractivity contribution < 1.29 is 25.2 Å². The van der Waals surface area contributed by atoms with E-state index in [4.69, 9.17) is 0 Å². The van der Waals surface area contributed by atoms with Gasteiger partial charge in [0.15, 0.2) is 0 Å². The molecule has 5 aliphatic rings. The predicted molar refractivity (Wildman–Crippen MR) is 135 cm³/mol. The van der Waals surface area contributed by atoms with Crippen molar-refractivity contribution in [3.05, 3.63) is 11.6 Å². The quantitative estimate of drug-likeness (QED) is 0.402. The highest BCUT2D eigenvalue weighted by atomic mass is 16.4. The van der Waals surface area contributed by atoms with Crippen molar-refractivity contribution in [2.45, 2.75) is 111 Å². The summed E-state index contributed by atoms with van der Waals surface area (Å²) in [5, 5.41) is 43.8. The summed E-state index contributed by atoms with van der Waals surface area (Å²) in [5.41, 5.74) is -1.35. The Labute approximate surface area is 211 Å². The number of carboxylic acids is 1.